The molecule has 2 rings (SSSR count). The summed E-state index contributed by atoms with van der Waals surface area (Å²) in [6.07, 6.45) is 3.36. The van der Waals surface area contributed by atoms with Crippen LogP contribution in [0.25, 0.3) is 0 Å². The van der Waals surface area contributed by atoms with Gasteiger partial charge in [0.25, 0.3) is 0 Å². The highest BCUT2D eigenvalue weighted by Gasteiger charge is 2.04. The number of ketones is 1. The number of carbonyl (C=O) groups excluding carboxylic acids is 2. The van der Waals surface area contributed by atoms with E-state index < -0.39 is 0 Å². The van der Waals surface area contributed by atoms with Crippen molar-refractivity contribution in [3.63, 3.8) is 0 Å². The van der Waals surface area contributed by atoms with Gasteiger partial charge in [-0.05, 0) is 38.2 Å². The largest absolute Gasteiger partial charge is 0.400 e. The summed E-state index contributed by atoms with van der Waals surface area (Å²) in [6.45, 7) is 17.5. The number of aryl methyl sites for hydroxylation is 1. The molecule has 0 amide bonds. The van der Waals surface area contributed by atoms with Crippen LogP contribution in [0.2, 0.25) is 0 Å². The van der Waals surface area contributed by atoms with Gasteiger partial charge in [0.15, 0.2) is 5.78 Å². The van der Waals surface area contributed by atoms with Crippen LogP contribution in [0.4, 0.5) is 0 Å². The third-order valence-corrected chi connectivity index (χ3v) is 4.79. The van der Waals surface area contributed by atoms with Crippen LogP contribution >= 0.6 is 0 Å². The highest BCUT2D eigenvalue weighted by molar-refractivity contribution is 5.93. The van der Waals surface area contributed by atoms with Gasteiger partial charge >= 0.3 is 0 Å². The van der Waals surface area contributed by atoms with Gasteiger partial charge in [0.05, 0.1) is 5.92 Å². The van der Waals surface area contributed by atoms with Crippen molar-refractivity contribution >= 4 is 12.1 Å². The minimum Gasteiger partial charge on any atom is -0.400 e. The number of benzene rings is 2. The summed E-state index contributed by atoms with van der Waals surface area (Å²) in [5.74, 6) is 0.816. The molecule has 33 heavy (non-hydrogen) atoms. The monoisotopic (exact) mass is 457 g/mol. The van der Waals surface area contributed by atoms with E-state index in [9.17, 15) is 9.59 Å². The molecule has 2 aromatic rings. The summed E-state index contributed by atoms with van der Waals surface area (Å²) in [5, 5.41) is 9.79. The fraction of sp³-hybridized carbons (Fsp3) is 0.448. The molecule has 0 aromatic heterocycles. The Balaban J connectivity index is -0.000000384. The van der Waals surface area contributed by atoms with Gasteiger partial charge in [0.2, 0.25) is 0 Å². The molecule has 4 nitrogen and oxygen atoms in total. The number of hydrogen-bond donors (Lipinski definition) is 2. The van der Waals surface area contributed by atoms with Crippen LogP contribution in [0, 0.1) is 12.8 Å². The number of allylic oxidation sites excluding steroid dienone is 1. The molecule has 0 bridgehead atoms. The first-order valence-corrected chi connectivity index (χ1v) is 11.7. The van der Waals surface area contributed by atoms with Crippen molar-refractivity contribution in [3.8, 4) is 0 Å². The second kappa shape index (κ2) is 23.9. The van der Waals surface area contributed by atoms with Gasteiger partial charge in [-0.3, -0.25) is 4.79 Å². The van der Waals surface area contributed by atoms with Gasteiger partial charge < -0.3 is 15.2 Å². The SMILES string of the molecule is C=C(NC)C(C)C=O.CC.CC(=O)c1ccc(C)cc1.CCC(CC)c1ccccc1.CO. The van der Waals surface area contributed by atoms with Crippen molar-refractivity contribution in [2.24, 2.45) is 5.92 Å². The molecule has 0 radical (unpaired) electrons. The van der Waals surface area contributed by atoms with Gasteiger partial charge in [-0.1, -0.05) is 101 Å². The Bertz CT molecular complexity index is 720. The predicted octanol–water partition coefficient (Wildman–Crippen LogP) is 6.98. The number of rotatable bonds is 7. The summed E-state index contributed by atoms with van der Waals surface area (Å²) in [4.78, 5) is 20.8. The highest BCUT2D eigenvalue weighted by atomic mass is 16.2. The fourth-order valence-corrected chi connectivity index (χ4v) is 2.58. The number of aldehydes is 1. The number of Topliss-reactive ketones (excluding diaryl/α,β-unsaturated/α-hetero) is 1. The molecule has 2 N–H and O–H groups in total. The minimum absolute atomic E-state index is 0.0694. The second-order valence-corrected chi connectivity index (χ2v) is 7.05. The van der Waals surface area contributed by atoms with Crippen molar-refractivity contribution in [1.82, 2.24) is 5.32 Å². The maximum absolute atomic E-state index is 10.8. The van der Waals surface area contributed by atoms with Gasteiger partial charge in [-0.15, -0.1) is 0 Å². The number of hydrogen-bond acceptors (Lipinski definition) is 4. The third-order valence-electron chi connectivity index (χ3n) is 4.79. The van der Waals surface area contributed by atoms with Gasteiger partial charge in [-0.25, -0.2) is 0 Å². The molecule has 0 saturated heterocycles. The van der Waals surface area contributed by atoms with E-state index in [0.29, 0.717) is 0 Å². The average Bonchev–Trinajstić information content (AvgIpc) is 2.88. The number of aliphatic hydroxyl groups excluding tert-OH is 1. The molecule has 0 fully saturated rings. The average molecular weight is 458 g/mol. The Kier molecular flexibility index (Phi) is 25.3. The van der Waals surface area contributed by atoms with E-state index in [2.05, 4.69) is 56.1 Å². The zero-order valence-electron chi connectivity index (χ0n) is 22.3. The molecular weight excluding hydrogens is 410 g/mol. The smallest absolute Gasteiger partial charge is 0.159 e. The summed E-state index contributed by atoms with van der Waals surface area (Å²) >= 11 is 0. The van der Waals surface area contributed by atoms with Crippen LogP contribution in [0.1, 0.15) is 81.8 Å². The number of nitrogens with one attached hydrogen (secondary N) is 1. The molecule has 0 heterocycles. The highest BCUT2D eigenvalue weighted by Crippen LogP contribution is 2.21. The molecule has 0 aliphatic carbocycles. The molecule has 2 aromatic carbocycles. The van der Waals surface area contributed by atoms with Gasteiger partial charge in [0.1, 0.15) is 6.29 Å². The minimum atomic E-state index is -0.0694. The lowest BCUT2D eigenvalue weighted by molar-refractivity contribution is -0.109. The van der Waals surface area contributed by atoms with Crippen LogP contribution in [-0.4, -0.2) is 31.3 Å². The summed E-state index contributed by atoms with van der Waals surface area (Å²) < 4.78 is 0. The zero-order chi connectivity index (χ0) is 26.2. The second-order valence-electron chi connectivity index (χ2n) is 7.05. The van der Waals surface area contributed by atoms with E-state index in [4.69, 9.17) is 5.11 Å². The maximum atomic E-state index is 10.8. The first kappa shape index (κ1) is 34.9. The molecule has 1 atom stereocenters. The quantitative estimate of drug-likeness (QED) is 0.348. The predicted molar refractivity (Wildman–Crippen MR) is 144 cm³/mol. The number of aliphatic hydroxyl groups is 1. The van der Waals surface area contributed by atoms with Crippen LogP contribution in [0.15, 0.2) is 66.9 Å². The first-order valence-electron chi connectivity index (χ1n) is 11.7. The van der Waals surface area contributed by atoms with E-state index in [1.54, 1.807) is 20.9 Å². The van der Waals surface area contributed by atoms with E-state index in [1.807, 2.05) is 45.0 Å². The molecular formula is C29H47NO3. The molecule has 4 heteroatoms. The van der Waals surface area contributed by atoms with Crippen molar-refractivity contribution in [3.05, 3.63) is 83.6 Å². The lowest BCUT2D eigenvalue weighted by Gasteiger charge is -2.11. The van der Waals surface area contributed by atoms with E-state index in [0.717, 1.165) is 30.6 Å². The van der Waals surface area contributed by atoms with Crippen LogP contribution < -0.4 is 5.32 Å². The van der Waals surface area contributed by atoms with Crippen molar-refractivity contribution in [1.29, 1.82) is 0 Å². The lowest BCUT2D eigenvalue weighted by Crippen LogP contribution is -2.12. The van der Waals surface area contributed by atoms with Crippen LogP contribution in [-0.2, 0) is 4.79 Å². The molecule has 0 aliphatic rings. The van der Waals surface area contributed by atoms with Crippen molar-refractivity contribution in [2.75, 3.05) is 14.2 Å². The first-order chi connectivity index (χ1) is 15.8. The van der Waals surface area contributed by atoms with E-state index >= 15 is 0 Å². The van der Waals surface area contributed by atoms with Crippen molar-refractivity contribution < 1.29 is 14.7 Å². The summed E-state index contributed by atoms with van der Waals surface area (Å²) in [7, 11) is 2.75. The van der Waals surface area contributed by atoms with E-state index in [1.165, 1.54) is 24.0 Å². The molecule has 1 unspecified atom stereocenters. The maximum Gasteiger partial charge on any atom is 0.159 e. The molecule has 0 saturated carbocycles. The Morgan fingerprint density at radius 3 is 1.76 bits per heavy atom. The Morgan fingerprint density at radius 1 is 1.00 bits per heavy atom. The zero-order valence-corrected chi connectivity index (χ0v) is 22.3. The topological polar surface area (TPSA) is 66.4 Å². The third kappa shape index (κ3) is 17.5. The number of carbonyl (C=O) groups is 2. The normalized spacial score (nSPS) is 9.67. The fourth-order valence-electron chi connectivity index (χ4n) is 2.58. The Labute approximate surface area is 203 Å². The van der Waals surface area contributed by atoms with Crippen molar-refractivity contribution in [2.45, 2.75) is 67.2 Å². The molecule has 186 valence electrons. The van der Waals surface area contributed by atoms with Crippen LogP contribution in [0.3, 0.4) is 0 Å². The molecule has 0 aliphatic heterocycles. The lowest BCUT2D eigenvalue weighted by atomic mass is 9.94. The Hall–Kier alpha value is -2.72. The summed E-state index contributed by atoms with van der Waals surface area (Å²) in [6, 6.07) is 18.3. The van der Waals surface area contributed by atoms with Crippen LogP contribution in [0.5, 0.6) is 0 Å². The van der Waals surface area contributed by atoms with Gasteiger partial charge in [0, 0.05) is 25.4 Å². The Morgan fingerprint density at radius 2 is 1.45 bits per heavy atom. The standard InChI is InChI=1S/C11H16.C9H10O.C6H11NO.C2H6.CH4O/c1-3-10(4-2)11-8-6-5-7-9-11;1-7-3-5-9(6-4-7)8(2)10;1-5(4-8)6(2)7-3;2*1-2/h5-10H,3-4H2,1-2H3;3-6H,1-2H3;4-5,7H,2H2,1,3H3;1-2H3;2H,1H3. The van der Waals surface area contributed by atoms with Gasteiger partial charge in [-0.2, -0.15) is 0 Å². The molecule has 0 spiro atoms. The van der Waals surface area contributed by atoms with E-state index in [-0.39, 0.29) is 11.7 Å². The summed E-state index contributed by atoms with van der Waals surface area (Å²) in [5.41, 5.74) is 4.22.